The van der Waals surface area contributed by atoms with Crippen molar-refractivity contribution in [3.05, 3.63) is 82.9 Å². The van der Waals surface area contributed by atoms with Gasteiger partial charge < -0.3 is 4.90 Å². The van der Waals surface area contributed by atoms with Crippen molar-refractivity contribution in [2.45, 2.75) is 20.0 Å². The lowest BCUT2D eigenvalue weighted by Gasteiger charge is -2.21. The van der Waals surface area contributed by atoms with Crippen LogP contribution in [0.15, 0.2) is 71.7 Å². The number of aryl methyl sites for hydroxylation is 1. The Morgan fingerprint density at radius 2 is 1.68 bits per heavy atom. The van der Waals surface area contributed by atoms with E-state index in [1.165, 1.54) is 9.13 Å². The molecule has 0 spiro atoms. The van der Waals surface area contributed by atoms with E-state index in [1.54, 1.807) is 18.1 Å². The van der Waals surface area contributed by atoms with Gasteiger partial charge in [0.05, 0.1) is 6.20 Å². The summed E-state index contributed by atoms with van der Waals surface area (Å²) >= 11 is 0. The average Bonchev–Trinajstić information content (AvgIpc) is 3.03. The molecule has 1 amide bonds. The molecule has 0 radical (unpaired) electrons. The number of aromatic nitrogens is 4. The number of carbonyl (C=O) groups excluding carboxylic acids is 1. The summed E-state index contributed by atoms with van der Waals surface area (Å²) in [7, 11) is 1.67. The number of carbonyl (C=O) groups is 1. The summed E-state index contributed by atoms with van der Waals surface area (Å²) < 4.78 is 2.91. The third kappa shape index (κ3) is 4.51. The first-order valence-electron chi connectivity index (χ1n) is 9.88. The number of hydrogen-bond donors (Lipinski definition) is 0. The Morgan fingerprint density at radius 1 is 1.03 bits per heavy atom. The lowest BCUT2D eigenvalue weighted by Crippen LogP contribution is -2.36. The maximum absolute atomic E-state index is 13.0. The summed E-state index contributed by atoms with van der Waals surface area (Å²) in [5.74, 6) is 0.391. The van der Waals surface area contributed by atoms with Gasteiger partial charge in [-0.05, 0) is 12.5 Å². The van der Waals surface area contributed by atoms with Crippen LogP contribution in [0.4, 0.5) is 0 Å². The van der Waals surface area contributed by atoms with E-state index >= 15 is 0 Å². The Hall–Kier alpha value is -3.45. The molecular weight excluding hydrogens is 414 g/mol. The Labute approximate surface area is 186 Å². The molecule has 7 nitrogen and oxygen atoms in total. The van der Waals surface area contributed by atoms with Crippen LogP contribution in [-0.4, -0.2) is 36.5 Å². The number of nitrogens with zero attached hydrogens (tertiary/aromatic N) is 5. The normalized spacial score (nSPS) is 10.6. The molecule has 0 fully saturated rings. The summed E-state index contributed by atoms with van der Waals surface area (Å²) in [6, 6.07) is 19.4. The predicted molar refractivity (Wildman–Crippen MR) is 123 cm³/mol. The summed E-state index contributed by atoms with van der Waals surface area (Å²) in [4.78, 5) is 36.6. The molecule has 160 valence electrons. The van der Waals surface area contributed by atoms with E-state index in [1.807, 2.05) is 67.6 Å². The van der Waals surface area contributed by atoms with Gasteiger partial charge in [-0.15, -0.1) is 12.4 Å². The number of hydrogen-bond acceptors (Lipinski definition) is 4. The minimum Gasteiger partial charge on any atom is -0.337 e. The van der Waals surface area contributed by atoms with Crippen LogP contribution in [0.2, 0.25) is 0 Å². The van der Waals surface area contributed by atoms with Crippen molar-refractivity contribution in [1.29, 1.82) is 0 Å². The molecule has 0 unspecified atom stereocenters. The van der Waals surface area contributed by atoms with Crippen LogP contribution in [0.25, 0.3) is 22.6 Å². The van der Waals surface area contributed by atoms with Crippen LogP contribution in [0.3, 0.4) is 0 Å². The lowest BCUT2D eigenvalue weighted by molar-refractivity contribution is -0.132. The number of likely N-dealkylation sites (N-methyl/N-ethyl adjacent to an activating group) is 1. The molecule has 2 aromatic carbocycles. The summed E-state index contributed by atoms with van der Waals surface area (Å²) in [6.07, 6.45) is 1.63. The van der Waals surface area contributed by atoms with Gasteiger partial charge in [0.15, 0.2) is 11.5 Å². The summed E-state index contributed by atoms with van der Waals surface area (Å²) in [5.41, 5.74) is 2.67. The molecule has 2 aromatic heterocycles. The van der Waals surface area contributed by atoms with Gasteiger partial charge in [-0.2, -0.15) is 0 Å². The molecule has 31 heavy (non-hydrogen) atoms. The largest absolute Gasteiger partial charge is 0.337 e. The Morgan fingerprint density at radius 3 is 2.32 bits per heavy atom. The van der Waals surface area contributed by atoms with Crippen LogP contribution in [0, 0.1) is 0 Å². The van der Waals surface area contributed by atoms with Gasteiger partial charge in [0.2, 0.25) is 5.91 Å². The second kappa shape index (κ2) is 9.57. The summed E-state index contributed by atoms with van der Waals surface area (Å²) in [6.45, 7) is 2.92. The fourth-order valence-electron chi connectivity index (χ4n) is 3.46. The topological polar surface area (TPSA) is 73.0 Å². The van der Waals surface area contributed by atoms with Crippen molar-refractivity contribution < 1.29 is 4.79 Å². The van der Waals surface area contributed by atoms with Crippen LogP contribution < -0.4 is 5.69 Å². The first-order valence-corrected chi connectivity index (χ1v) is 9.88. The third-order valence-electron chi connectivity index (χ3n) is 5.16. The van der Waals surface area contributed by atoms with Crippen LogP contribution in [-0.2, 0) is 24.9 Å². The molecule has 0 aliphatic heterocycles. The fraction of sp³-hybridized carbons (Fsp3) is 0.217. The minimum absolute atomic E-state index is 0. The molecule has 0 N–H and O–H groups in total. The number of benzene rings is 2. The quantitative estimate of drug-likeness (QED) is 0.464. The van der Waals surface area contributed by atoms with Crippen molar-refractivity contribution in [3.8, 4) is 11.4 Å². The third-order valence-corrected chi connectivity index (χ3v) is 5.16. The van der Waals surface area contributed by atoms with Gasteiger partial charge in [-0.1, -0.05) is 60.7 Å². The molecule has 0 saturated heterocycles. The number of fused-ring (bicyclic) bond motifs is 1. The minimum atomic E-state index is -0.284. The van der Waals surface area contributed by atoms with Crippen LogP contribution >= 0.6 is 12.4 Å². The van der Waals surface area contributed by atoms with E-state index in [-0.39, 0.29) is 30.5 Å². The Bertz CT molecular complexity index is 1240. The zero-order chi connectivity index (χ0) is 21.1. The van der Waals surface area contributed by atoms with E-state index in [2.05, 4.69) is 9.97 Å². The average molecular weight is 438 g/mol. The highest BCUT2D eigenvalue weighted by Gasteiger charge is 2.19. The van der Waals surface area contributed by atoms with E-state index in [0.717, 1.165) is 11.1 Å². The zero-order valence-electron chi connectivity index (χ0n) is 17.4. The maximum Gasteiger partial charge on any atom is 0.330 e. The lowest BCUT2D eigenvalue weighted by atomic mass is 10.2. The van der Waals surface area contributed by atoms with Crippen LogP contribution in [0.1, 0.15) is 12.5 Å². The van der Waals surface area contributed by atoms with Gasteiger partial charge >= 0.3 is 5.69 Å². The second-order valence-electron chi connectivity index (χ2n) is 7.09. The predicted octanol–water partition coefficient (Wildman–Crippen LogP) is 3.27. The highest BCUT2D eigenvalue weighted by atomic mass is 35.5. The molecule has 0 atom stereocenters. The first-order chi connectivity index (χ1) is 14.6. The monoisotopic (exact) mass is 437 g/mol. The molecule has 0 aliphatic rings. The number of rotatable bonds is 6. The zero-order valence-corrected chi connectivity index (χ0v) is 18.2. The SMILES string of the molecule is CCN(Cc1ccccc1)C(=O)Cn1c(=O)n(C)c2cnc(-c3ccccc3)nc21.Cl. The van der Waals surface area contributed by atoms with E-state index in [0.29, 0.717) is 30.1 Å². The van der Waals surface area contributed by atoms with E-state index < -0.39 is 0 Å². The highest BCUT2D eigenvalue weighted by Crippen LogP contribution is 2.17. The molecule has 0 bridgehead atoms. The van der Waals surface area contributed by atoms with Gasteiger partial charge in [0, 0.05) is 25.7 Å². The highest BCUT2D eigenvalue weighted by molar-refractivity contribution is 5.85. The van der Waals surface area contributed by atoms with Gasteiger partial charge in [0.1, 0.15) is 12.1 Å². The molecule has 4 aromatic rings. The van der Waals surface area contributed by atoms with E-state index in [4.69, 9.17) is 0 Å². The number of imidazole rings is 1. The Kier molecular flexibility index (Phi) is 6.87. The van der Waals surface area contributed by atoms with Crippen molar-refractivity contribution in [1.82, 2.24) is 24.0 Å². The maximum atomic E-state index is 13.0. The molecule has 8 heteroatoms. The van der Waals surface area contributed by atoms with Crippen molar-refractivity contribution in [2.75, 3.05) is 6.54 Å². The molecule has 0 saturated carbocycles. The molecule has 4 rings (SSSR count). The van der Waals surface area contributed by atoms with Gasteiger partial charge in [-0.25, -0.2) is 14.8 Å². The van der Waals surface area contributed by atoms with Crippen molar-refractivity contribution in [3.63, 3.8) is 0 Å². The standard InChI is InChI=1S/C23H23N5O2.ClH/c1-3-27(15-17-10-6-4-7-11-17)20(29)16-28-22-19(26(2)23(28)30)14-24-21(25-22)18-12-8-5-9-13-18;/h4-14H,3,15-16H2,1-2H3;1H. The van der Waals surface area contributed by atoms with E-state index in [9.17, 15) is 9.59 Å². The molecule has 2 heterocycles. The van der Waals surface area contributed by atoms with Gasteiger partial charge in [-0.3, -0.25) is 13.9 Å². The van der Waals surface area contributed by atoms with Gasteiger partial charge in [0.25, 0.3) is 0 Å². The Balaban J connectivity index is 0.00000272. The number of amides is 1. The first kappa shape index (κ1) is 22.2. The van der Waals surface area contributed by atoms with Crippen molar-refractivity contribution >= 4 is 29.5 Å². The second-order valence-corrected chi connectivity index (χ2v) is 7.09. The smallest absolute Gasteiger partial charge is 0.330 e. The fourth-order valence-corrected chi connectivity index (χ4v) is 3.46. The van der Waals surface area contributed by atoms with Crippen molar-refractivity contribution in [2.24, 2.45) is 7.05 Å². The summed E-state index contributed by atoms with van der Waals surface area (Å²) in [5, 5.41) is 0. The molecule has 0 aliphatic carbocycles. The molecular formula is C23H24ClN5O2. The van der Waals surface area contributed by atoms with Crippen LogP contribution in [0.5, 0.6) is 0 Å². The number of halogens is 1.